The van der Waals surface area contributed by atoms with Crippen LogP contribution in [0.1, 0.15) is 55.1 Å². The second-order valence-corrected chi connectivity index (χ2v) is 7.44. The Hall–Kier alpha value is -3.41. The molecule has 4 rings (SSSR count). The largest absolute Gasteiger partial charge is 0.462 e. The summed E-state index contributed by atoms with van der Waals surface area (Å²) in [5.74, 6) is -0.116. The number of nitrogens with two attached hydrogens (primary N) is 1. The number of hydrogen-bond acceptors (Lipinski definition) is 5. The standard InChI is InChI=1S/C24H26N4O2/c1-3-4-10-15-30-24(29)20-21-23(27-19-14-9-8-13-18(19)26-21)28(22(20)25)16(2)17-11-6-5-7-12-17/h5-9,11-14,16H,3-4,10,15,25H2,1-2H3. The number of unbranched alkanes of at least 4 members (excludes halogenated alkanes) is 2. The van der Waals surface area contributed by atoms with E-state index in [1.165, 1.54) is 0 Å². The maximum Gasteiger partial charge on any atom is 0.344 e. The van der Waals surface area contributed by atoms with Crippen molar-refractivity contribution in [2.75, 3.05) is 12.3 Å². The normalized spacial score (nSPS) is 12.3. The van der Waals surface area contributed by atoms with Crippen LogP contribution < -0.4 is 5.73 Å². The minimum absolute atomic E-state index is 0.120. The van der Waals surface area contributed by atoms with Gasteiger partial charge in [0.2, 0.25) is 0 Å². The first kappa shape index (κ1) is 19.9. The summed E-state index contributed by atoms with van der Waals surface area (Å²) in [7, 11) is 0. The number of aromatic nitrogens is 3. The third-order valence-corrected chi connectivity index (χ3v) is 5.39. The van der Waals surface area contributed by atoms with E-state index in [2.05, 4.69) is 6.92 Å². The molecule has 0 amide bonds. The van der Waals surface area contributed by atoms with Gasteiger partial charge in [-0.3, -0.25) is 0 Å². The van der Waals surface area contributed by atoms with Crippen LogP contribution in [0.5, 0.6) is 0 Å². The van der Waals surface area contributed by atoms with Crippen molar-refractivity contribution in [3.63, 3.8) is 0 Å². The molecule has 4 aromatic rings. The smallest absolute Gasteiger partial charge is 0.344 e. The topological polar surface area (TPSA) is 83.0 Å². The second kappa shape index (κ2) is 8.53. The van der Waals surface area contributed by atoms with Crippen LogP contribution in [-0.4, -0.2) is 27.1 Å². The molecule has 0 spiro atoms. The molecular weight excluding hydrogens is 376 g/mol. The van der Waals surface area contributed by atoms with E-state index in [0.29, 0.717) is 29.2 Å². The van der Waals surface area contributed by atoms with Crippen LogP contribution in [0.15, 0.2) is 54.6 Å². The molecule has 2 aromatic carbocycles. The number of rotatable bonds is 7. The third-order valence-electron chi connectivity index (χ3n) is 5.39. The van der Waals surface area contributed by atoms with Crippen molar-refractivity contribution in [2.24, 2.45) is 0 Å². The Morgan fingerprint density at radius 2 is 1.70 bits per heavy atom. The van der Waals surface area contributed by atoms with Crippen LogP contribution in [0.25, 0.3) is 22.2 Å². The first-order chi connectivity index (χ1) is 14.6. The summed E-state index contributed by atoms with van der Waals surface area (Å²) in [5, 5.41) is 0. The maximum absolute atomic E-state index is 13.0. The van der Waals surface area contributed by atoms with Crippen LogP contribution in [0, 0.1) is 0 Å². The van der Waals surface area contributed by atoms with Gasteiger partial charge in [-0.1, -0.05) is 62.2 Å². The fraction of sp³-hybridized carbons (Fsp3) is 0.292. The number of para-hydroxylation sites is 2. The molecule has 2 heterocycles. The first-order valence-electron chi connectivity index (χ1n) is 10.4. The molecule has 30 heavy (non-hydrogen) atoms. The lowest BCUT2D eigenvalue weighted by atomic mass is 10.1. The van der Waals surface area contributed by atoms with Crippen molar-refractivity contribution in [2.45, 2.75) is 39.2 Å². The van der Waals surface area contributed by atoms with E-state index in [1.807, 2.05) is 66.1 Å². The second-order valence-electron chi connectivity index (χ2n) is 7.44. The monoisotopic (exact) mass is 402 g/mol. The minimum atomic E-state index is -0.447. The van der Waals surface area contributed by atoms with E-state index in [0.717, 1.165) is 35.9 Å². The Bertz CT molecular complexity index is 1180. The number of anilines is 1. The van der Waals surface area contributed by atoms with Gasteiger partial charge >= 0.3 is 5.97 Å². The fourth-order valence-electron chi connectivity index (χ4n) is 3.75. The van der Waals surface area contributed by atoms with Gasteiger partial charge in [-0.15, -0.1) is 0 Å². The van der Waals surface area contributed by atoms with Gasteiger partial charge in [-0.05, 0) is 31.0 Å². The molecule has 0 radical (unpaired) electrons. The Labute approximate surface area is 175 Å². The Morgan fingerprint density at radius 3 is 2.40 bits per heavy atom. The predicted molar refractivity (Wildman–Crippen MR) is 120 cm³/mol. The van der Waals surface area contributed by atoms with Crippen LogP contribution >= 0.6 is 0 Å². The molecule has 0 saturated heterocycles. The van der Waals surface area contributed by atoms with Gasteiger partial charge in [-0.25, -0.2) is 14.8 Å². The Balaban J connectivity index is 1.87. The summed E-state index contributed by atoms with van der Waals surface area (Å²) >= 11 is 0. The number of nitrogen functional groups attached to an aromatic ring is 1. The molecule has 0 aliphatic rings. The van der Waals surface area contributed by atoms with E-state index in [-0.39, 0.29) is 6.04 Å². The van der Waals surface area contributed by atoms with Gasteiger partial charge in [0, 0.05) is 0 Å². The molecule has 6 heteroatoms. The average molecular weight is 402 g/mol. The van der Waals surface area contributed by atoms with Crippen molar-refractivity contribution >= 4 is 34.0 Å². The quantitative estimate of drug-likeness (QED) is 0.342. The van der Waals surface area contributed by atoms with Crippen LogP contribution in [0.2, 0.25) is 0 Å². The molecule has 6 nitrogen and oxygen atoms in total. The maximum atomic E-state index is 13.0. The highest BCUT2D eigenvalue weighted by Gasteiger charge is 2.27. The summed E-state index contributed by atoms with van der Waals surface area (Å²) in [6.07, 6.45) is 2.90. The number of carbonyl (C=O) groups excluding carboxylic acids is 1. The van der Waals surface area contributed by atoms with E-state index in [4.69, 9.17) is 20.4 Å². The van der Waals surface area contributed by atoms with Crippen LogP contribution in [-0.2, 0) is 4.74 Å². The highest BCUT2D eigenvalue weighted by atomic mass is 16.5. The van der Waals surface area contributed by atoms with E-state index >= 15 is 0 Å². The predicted octanol–water partition coefficient (Wildman–Crippen LogP) is 5.12. The number of esters is 1. The van der Waals surface area contributed by atoms with Gasteiger partial charge in [-0.2, -0.15) is 0 Å². The molecule has 2 N–H and O–H groups in total. The lowest BCUT2D eigenvalue weighted by molar-refractivity contribution is 0.0501. The lowest BCUT2D eigenvalue weighted by Gasteiger charge is -2.17. The number of ether oxygens (including phenoxy) is 1. The summed E-state index contributed by atoms with van der Waals surface area (Å²) < 4.78 is 7.41. The van der Waals surface area contributed by atoms with Crippen molar-refractivity contribution < 1.29 is 9.53 Å². The third kappa shape index (κ3) is 3.61. The zero-order chi connectivity index (χ0) is 21.1. The molecule has 1 unspecified atom stereocenters. The van der Waals surface area contributed by atoms with E-state index in [9.17, 15) is 4.79 Å². The van der Waals surface area contributed by atoms with Crippen molar-refractivity contribution in [3.8, 4) is 0 Å². The summed E-state index contributed by atoms with van der Waals surface area (Å²) in [6.45, 7) is 4.52. The summed E-state index contributed by atoms with van der Waals surface area (Å²) in [5.41, 5.74) is 10.4. The van der Waals surface area contributed by atoms with Gasteiger partial charge in [0.25, 0.3) is 0 Å². The van der Waals surface area contributed by atoms with Gasteiger partial charge in [0.15, 0.2) is 5.65 Å². The SMILES string of the molecule is CCCCCOC(=O)c1c(N)n(C(C)c2ccccc2)c2nc3ccccc3nc12. The van der Waals surface area contributed by atoms with Gasteiger partial charge in [0.05, 0.1) is 23.7 Å². The van der Waals surface area contributed by atoms with Gasteiger partial charge < -0.3 is 15.0 Å². The van der Waals surface area contributed by atoms with Crippen molar-refractivity contribution in [1.29, 1.82) is 0 Å². The van der Waals surface area contributed by atoms with Crippen molar-refractivity contribution in [1.82, 2.24) is 14.5 Å². The average Bonchev–Trinajstić information content (AvgIpc) is 3.05. The molecule has 0 aliphatic carbocycles. The van der Waals surface area contributed by atoms with E-state index in [1.54, 1.807) is 0 Å². The van der Waals surface area contributed by atoms with Gasteiger partial charge in [0.1, 0.15) is 16.9 Å². The number of fused-ring (bicyclic) bond motifs is 2. The van der Waals surface area contributed by atoms with E-state index < -0.39 is 5.97 Å². The Kier molecular flexibility index (Phi) is 5.65. The molecule has 0 fully saturated rings. The lowest BCUT2D eigenvalue weighted by Crippen LogP contribution is -2.13. The summed E-state index contributed by atoms with van der Waals surface area (Å²) in [4.78, 5) is 22.5. The molecule has 0 saturated carbocycles. The highest BCUT2D eigenvalue weighted by Crippen LogP contribution is 2.33. The highest BCUT2D eigenvalue weighted by molar-refractivity contribution is 6.08. The summed E-state index contributed by atoms with van der Waals surface area (Å²) in [6, 6.07) is 17.5. The number of benzene rings is 2. The molecule has 0 bridgehead atoms. The van der Waals surface area contributed by atoms with Crippen LogP contribution in [0.3, 0.4) is 0 Å². The molecule has 0 aliphatic heterocycles. The molecule has 1 atom stereocenters. The first-order valence-corrected chi connectivity index (χ1v) is 10.4. The van der Waals surface area contributed by atoms with Crippen molar-refractivity contribution in [3.05, 3.63) is 65.7 Å². The molecule has 2 aromatic heterocycles. The molecule has 154 valence electrons. The number of nitrogens with zero attached hydrogens (tertiary/aromatic N) is 3. The fourth-order valence-corrected chi connectivity index (χ4v) is 3.75. The molecular formula is C24H26N4O2. The zero-order valence-corrected chi connectivity index (χ0v) is 17.3. The number of carbonyl (C=O) groups is 1. The number of hydrogen-bond donors (Lipinski definition) is 1. The minimum Gasteiger partial charge on any atom is -0.462 e. The Morgan fingerprint density at radius 1 is 1.03 bits per heavy atom. The zero-order valence-electron chi connectivity index (χ0n) is 17.3. The van der Waals surface area contributed by atoms with Crippen LogP contribution in [0.4, 0.5) is 5.82 Å².